The Balaban J connectivity index is 1.80. The highest BCUT2D eigenvalue weighted by atomic mass is 16.5. The van der Waals surface area contributed by atoms with Crippen LogP contribution < -0.4 is 5.32 Å². The number of ketones is 1. The lowest BCUT2D eigenvalue weighted by molar-refractivity contribution is -0.149. The lowest BCUT2D eigenvalue weighted by atomic mass is 9.97. The van der Waals surface area contributed by atoms with Crippen molar-refractivity contribution in [1.82, 2.24) is 4.90 Å². The molecule has 1 fully saturated rings. The Morgan fingerprint density at radius 3 is 2.58 bits per heavy atom. The first-order valence-corrected chi connectivity index (χ1v) is 8.29. The number of carbonyl (C=O) groups is 3. The molecule has 0 atom stereocenters. The molecule has 1 aliphatic rings. The van der Waals surface area contributed by atoms with E-state index in [1.54, 1.807) is 31.2 Å². The van der Waals surface area contributed by atoms with Crippen molar-refractivity contribution in [2.45, 2.75) is 26.7 Å². The van der Waals surface area contributed by atoms with Gasteiger partial charge in [0, 0.05) is 11.3 Å². The Hall–Kier alpha value is -2.21. The van der Waals surface area contributed by atoms with Crippen LogP contribution >= 0.6 is 0 Å². The molecule has 0 bridgehead atoms. The maximum Gasteiger partial charge on any atom is 0.309 e. The van der Waals surface area contributed by atoms with Gasteiger partial charge in [0.15, 0.2) is 5.78 Å². The second kappa shape index (κ2) is 8.59. The molecule has 2 rings (SSSR count). The highest BCUT2D eigenvalue weighted by Gasteiger charge is 2.26. The van der Waals surface area contributed by atoms with Gasteiger partial charge in [-0.2, -0.15) is 0 Å². The molecular weight excluding hydrogens is 308 g/mol. The molecule has 130 valence electrons. The van der Waals surface area contributed by atoms with E-state index in [2.05, 4.69) is 5.32 Å². The predicted octanol–water partition coefficient (Wildman–Crippen LogP) is 2.10. The molecule has 6 heteroatoms. The van der Waals surface area contributed by atoms with Gasteiger partial charge in [0.25, 0.3) is 0 Å². The summed E-state index contributed by atoms with van der Waals surface area (Å²) < 4.78 is 5.04. The number of carbonyl (C=O) groups excluding carboxylic acids is 3. The third-order valence-electron chi connectivity index (χ3n) is 4.13. The average molecular weight is 332 g/mol. The molecule has 6 nitrogen and oxygen atoms in total. The van der Waals surface area contributed by atoms with Crippen LogP contribution in [0.25, 0.3) is 0 Å². The molecule has 1 heterocycles. The number of piperidine rings is 1. The van der Waals surface area contributed by atoms with Gasteiger partial charge in [-0.25, -0.2) is 0 Å². The number of anilines is 1. The van der Waals surface area contributed by atoms with Crippen LogP contribution in [0.1, 0.15) is 37.0 Å². The topological polar surface area (TPSA) is 75.7 Å². The number of nitrogens with one attached hydrogen (secondary N) is 1. The number of rotatable bonds is 6. The van der Waals surface area contributed by atoms with Crippen LogP contribution in [0.15, 0.2) is 24.3 Å². The Bertz CT molecular complexity index is 607. The Kier molecular flexibility index (Phi) is 6.49. The molecule has 0 unspecified atom stereocenters. The van der Waals surface area contributed by atoms with E-state index in [-0.39, 0.29) is 30.1 Å². The number of nitrogens with zero attached hydrogens (tertiary/aromatic N) is 1. The van der Waals surface area contributed by atoms with Crippen LogP contribution in [0.5, 0.6) is 0 Å². The zero-order valence-electron chi connectivity index (χ0n) is 14.2. The standard InChI is InChI=1S/C18H24N2O4/c1-3-24-18(23)14-7-9-20(10-8-14)12-17(22)19-16-6-4-5-15(11-16)13(2)21/h4-6,11,14H,3,7-10,12H2,1-2H3,(H,19,22). The first kappa shape index (κ1) is 18.1. The fourth-order valence-electron chi connectivity index (χ4n) is 2.81. The SMILES string of the molecule is CCOC(=O)C1CCN(CC(=O)Nc2cccc(C(C)=O)c2)CC1. The quantitative estimate of drug-likeness (QED) is 0.638. The molecule has 0 aliphatic carbocycles. The van der Waals surface area contributed by atoms with Gasteiger partial charge in [0.1, 0.15) is 0 Å². The summed E-state index contributed by atoms with van der Waals surface area (Å²) in [4.78, 5) is 37.3. The number of likely N-dealkylation sites (tertiary alicyclic amines) is 1. The van der Waals surface area contributed by atoms with Crippen molar-refractivity contribution < 1.29 is 19.1 Å². The van der Waals surface area contributed by atoms with Crippen LogP contribution in [0.4, 0.5) is 5.69 Å². The molecule has 24 heavy (non-hydrogen) atoms. The second-order valence-electron chi connectivity index (χ2n) is 5.99. The number of Topliss-reactive ketones (excluding diaryl/α,β-unsaturated/α-hetero) is 1. The van der Waals surface area contributed by atoms with E-state index in [1.807, 2.05) is 4.90 Å². The maximum absolute atomic E-state index is 12.2. The smallest absolute Gasteiger partial charge is 0.309 e. The van der Waals surface area contributed by atoms with Crippen molar-refractivity contribution in [2.24, 2.45) is 5.92 Å². The Morgan fingerprint density at radius 2 is 1.96 bits per heavy atom. The van der Waals surface area contributed by atoms with Gasteiger partial charge in [-0.1, -0.05) is 12.1 Å². The van der Waals surface area contributed by atoms with E-state index < -0.39 is 0 Å². The van der Waals surface area contributed by atoms with Crippen molar-refractivity contribution in [3.8, 4) is 0 Å². The van der Waals surface area contributed by atoms with Crippen molar-refractivity contribution >= 4 is 23.3 Å². The van der Waals surface area contributed by atoms with Gasteiger partial charge in [-0.15, -0.1) is 0 Å². The molecule has 0 spiro atoms. The number of esters is 1. The lowest BCUT2D eigenvalue weighted by Crippen LogP contribution is -2.41. The minimum Gasteiger partial charge on any atom is -0.466 e. The summed E-state index contributed by atoms with van der Waals surface area (Å²) in [5.41, 5.74) is 1.19. The summed E-state index contributed by atoms with van der Waals surface area (Å²) in [5.74, 6) is -0.350. The predicted molar refractivity (Wildman–Crippen MR) is 90.9 cm³/mol. The molecule has 1 saturated heterocycles. The summed E-state index contributed by atoms with van der Waals surface area (Å²) in [6, 6.07) is 6.90. The molecule has 1 aromatic carbocycles. The van der Waals surface area contributed by atoms with E-state index in [4.69, 9.17) is 4.74 Å². The summed E-state index contributed by atoms with van der Waals surface area (Å²) in [6.07, 6.45) is 1.43. The van der Waals surface area contributed by atoms with E-state index >= 15 is 0 Å². The largest absolute Gasteiger partial charge is 0.466 e. The fourth-order valence-corrected chi connectivity index (χ4v) is 2.81. The minimum atomic E-state index is -0.136. The van der Waals surface area contributed by atoms with E-state index in [1.165, 1.54) is 6.92 Å². The Labute approximate surface area is 142 Å². The van der Waals surface area contributed by atoms with E-state index in [0.29, 0.717) is 43.8 Å². The third kappa shape index (κ3) is 5.16. The van der Waals surface area contributed by atoms with Crippen LogP contribution in [0, 0.1) is 5.92 Å². The minimum absolute atomic E-state index is 0.0351. The van der Waals surface area contributed by atoms with Gasteiger partial charge in [-0.05, 0) is 51.9 Å². The summed E-state index contributed by atoms with van der Waals surface area (Å²) >= 11 is 0. The third-order valence-corrected chi connectivity index (χ3v) is 4.13. The number of amides is 1. The monoisotopic (exact) mass is 332 g/mol. The van der Waals surface area contributed by atoms with Crippen LogP contribution in [-0.2, 0) is 14.3 Å². The highest BCUT2D eigenvalue weighted by Crippen LogP contribution is 2.18. The summed E-state index contributed by atoms with van der Waals surface area (Å²) in [7, 11) is 0. The second-order valence-corrected chi connectivity index (χ2v) is 5.99. The first-order chi connectivity index (χ1) is 11.5. The van der Waals surface area contributed by atoms with Crippen molar-refractivity contribution in [2.75, 3.05) is 31.6 Å². The van der Waals surface area contributed by atoms with Crippen LogP contribution in [0.2, 0.25) is 0 Å². The zero-order valence-corrected chi connectivity index (χ0v) is 14.2. The maximum atomic E-state index is 12.2. The fraction of sp³-hybridized carbons (Fsp3) is 0.500. The summed E-state index contributed by atoms with van der Waals surface area (Å²) in [5, 5.41) is 2.81. The molecule has 0 saturated carbocycles. The van der Waals surface area contributed by atoms with Crippen molar-refractivity contribution in [3.63, 3.8) is 0 Å². The number of hydrogen-bond acceptors (Lipinski definition) is 5. The molecule has 0 aromatic heterocycles. The summed E-state index contributed by atoms with van der Waals surface area (Å²) in [6.45, 7) is 5.38. The number of ether oxygens (including phenoxy) is 1. The van der Waals surface area contributed by atoms with Gasteiger partial charge in [0.05, 0.1) is 19.1 Å². The molecular formula is C18H24N2O4. The van der Waals surface area contributed by atoms with Gasteiger partial charge >= 0.3 is 5.97 Å². The molecule has 1 N–H and O–H groups in total. The zero-order chi connectivity index (χ0) is 17.5. The molecule has 1 aliphatic heterocycles. The molecule has 1 amide bonds. The first-order valence-electron chi connectivity index (χ1n) is 8.29. The van der Waals surface area contributed by atoms with E-state index in [0.717, 1.165) is 0 Å². The highest BCUT2D eigenvalue weighted by molar-refractivity contribution is 5.97. The normalized spacial score (nSPS) is 15.8. The van der Waals surface area contributed by atoms with Gasteiger partial charge < -0.3 is 10.1 Å². The van der Waals surface area contributed by atoms with Crippen molar-refractivity contribution in [1.29, 1.82) is 0 Å². The van der Waals surface area contributed by atoms with Crippen LogP contribution in [-0.4, -0.2) is 48.8 Å². The van der Waals surface area contributed by atoms with Crippen LogP contribution in [0.3, 0.4) is 0 Å². The molecule has 1 aromatic rings. The van der Waals surface area contributed by atoms with Crippen molar-refractivity contribution in [3.05, 3.63) is 29.8 Å². The van der Waals surface area contributed by atoms with Gasteiger partial charge in [-0.3, -0.25) is 19.3 Å². The number of hydrogen-bond donors (Lipinski definition) is 1. The van der Waals surface area contributed by atoms with Gasteiger partial charge in [0.2, 0.25) is 5.91 Å². The Morgan fingerprint density at radius 1 is 1.25 bits per heavy atom. The molecule has 0 radical (unpaired) electrons. The average Bonchev–Trinajstić information content (AvgIpc) is 2.55. The van der Waals surface area contributed by atoms with E-state index in [9.17, 15) is 14.4 Å². The number of benzene rings is 1. The lowest BCUT2D eigenvalue weighted by Gasteiger charge is -2.30.